The number of nitrogens with one attached hydrogen (secondary N) is 1. The molecule has 1 aliphatic heterocycles. The number of carbonyl (C=O) groups is 1. The van der Waals surface area contributed by atoms with E-state index in [1.54, 1.807) is 24.4 Å². The zero-order valence-corrected chi connectivity index (χ0v) is 12.5. The van der Waals surface area contributed by atoms with Crippen LogP contribution >= 0.6 is 0 Å². The van der Waals surface area contributed by atoms with Crippen LogP contribution < -0.4 is 11.1 Å². The number of hydrogen-bond acceptors (Lipinski definition) is 3. The number of hydrogen-bond donors (Lipinski definition) is 2. The van der Waals surface area contributed by atoms with Gasteiger partial charge in [0, 0.05) is 30.4 Å². The number of nitrogens with two attached hydrogens (primary N) is 1. The SMILES string of the molecule is [2H]C1([2H])NC([2H])([2H])[C@@]([2H])(c2ccc(-n3cc4cccc(C(N)=O)c4n3)cc2)C([2H])([2H])C1([2H])[2H]. The van der Waals surface area contributed by atoms with E-state index in [4.69, 9.17) is 18.1 Å². The molecule has 0 unspecified atom stereocenters. The Morgan fingerprint density at radius 1 is 1.33 bits per heavy atom. The van der Waals surface area contributed by atoms with Crippen molar-refractivity contribution in [3.8, 4) is 5.69 Å². The highest BCUT2D eigenvalue weighted by Gasteiger charge is 2.15. The maximum atomic E-state index is 11.7. The van der Waals surface area contributed by atoms with Gasteiger partial charge in [0.2, 0.25) is 0 Å². The molecule has 2 heterocycles. The van der Waals surface area contributed by atoms with Crippen molar-refractivity contribution < 1.29 is 17.1 Å². The van der Waals surface area contributed by atoms with E-state index in [2.05, 4.69) is 5.10 Å². The molecule has 0 bridgehead atoms. The molecule has 24 heavy (non-hydrogen) atoms. The molecule has 1 fully saturated rings. The van der Waals surface area contributed by atoms with Gasteiger partial charge in [-0.25, -0.2) is 4.68 Å². The fourth-order valence-corrected chi connectivity index (χ4v) is 2.55. The lowest BCUT2D eigenvalue weighted by Gasteiger charge is -2.23. The fraction of sp³-hybridized carbons (Fsp3) is 0.263. The second-order valence-corrected chi connectivity index (χ2v) is 5.23. The lowest BCUT2D eigenvalue weighted by atomic mass is 9.92. The quantitative estimate of drug-likeness (QED) is 0.776. The normalized spacial score (nSPS) is 34.9. The summed E-state index contributed by atoms with van der Waals surface area (Å²) in [6.45, 7) is -6.01. The highest BCUT2D eigenvalue weighted by Crippen LogP contribution is 2.25. The molecule has 5 nitrogen and oxygen atoms in total. The predicted octanol–water partition coefficient (Wildman–Crippen LogP) is 2.59. The Hall–Kier alpha value is -2.66. The van der Waals surface area contributed by atoms with Crippen molar-refractivity contribution in [2.24, 2.45) is 5.73 Å². The first-order chi connectivity index (χ1) is 15.1. The van der Waals surface area contributed by atoms with E-state index in [9.17, 15) is 4.79 Å². The highest BCUT2D eigenvalue weighted by atomic mass is 16.1. The largest absolute Gasteiger partial charge is 0.366 e. The molecule has 0 aliphatic carbocycles. The molecule has 0 saturated carbocycles. The van der Waals surface area contributed by atoms with Gasteiger partial charge < -0.3 is 11.1 Å². The first-order valence-corrected chi connectivity index (χ1v) is 7.25. The summed E-state index contributed by atoms with van der Waals surface area (Å²) in [6, 6.07) is 10.4. The number of rotatable bonds is 3. The molecule has 0 radical (unpaired) electrons. The number of piperidine rings is 1. The van der Waals surface area contributed by atoms with Gasteiger partial charge in [-0.05, 0) is 48.9 Å². The number of fused-ring (bicyclic) bond motifs is 1. The number of aromatic nitrogens is 2. The first-order valence-electron chi connectivity index (χ1n) is 11.8. The van der Waals surface area contributed by atoms with E-state index in [-0.39, 0.29) is 11.1 Å². The predicted molar refractivity (Wildman–Crippen MR) is 94.4 cm³/mol. The number of amides is 1. The zero-order valence-electron chi connectivity index (χ0n) is 21.5. The molecule has 0 spiro atoms. The van der Waals surface area contributed by atoms with Gasteiger partial charge in [0.25, 0.3) is 5.91 Å². The van der Waals surface area contributed by atoms with E-state index >= 15 is 0 Å². The molecular weight excluding hydrogens is 300 g/mol. The van der Waals surface area contributed by atoms with Gasteiger partial charge in [-0.15, -0.1) is 0 Å². The molecule has 1 amide bonds. The fourth-order valence-electron chi connectivity index (χ4n) is 2.55. The zero-order chi connectivity index (χ0) is 24.6. The van der Waals surface area contributed by atoms with Crippen LogP contribution in [0.3, 0.4) is 0 Å². The van der Waals surface area contributed by atoms with Crippen LogP contribution in [0.15, 0.2) is 48.7 Å². The van der Waals surface area contributed by atoms with Crippen LogP contribution in [0.4, 0.5) is 0 Å². The Morgan fingerprint density at radius 2 is 2.17 bits per heavy atom. The molecular formula is C19H20N4O. The third-order valence-electron chi connectivity index (χ3n) is 3.72. The van der Waals surface area contributed by atoms with Gasteiger partial charge in [0.1, 0.15) is 5.52 Å². The number of nitrogens with zero attached hydrogens (tertiary/aromatic N) is 2. The van der Waals surface area contributed by atoms with Crippen LogP contribution in [0.25, 0.3) is 16.6 Å². The summed E-state index contributed by atoms with van der Waals surface area (Å²) < 4.78 is 74.9. The summed E-state index contributed by atoms with van der Waals surface area (Å²) in [5, 5.41) is 6.86. The van der Waals surface area contributed by atoms with Gasteiger partial charge in [-0.3, -0.25) is 4.79 Å². The summed E-state index contributed by atoms with van der Waals surface area (Å²) in [6.07, 6.45) is -4.84. The molecule has 1 saturated heterocycles. The molecule has 1 atom stereocenters. The third kappa shape index (κ3) is 2.67. The van der Waals surface area contributed by atoms with Crippen LogP contribution in [0.1, 0.15) is 46.9 Å². The van der Waals surface area contributed by atoms with Crippen molar-refractivity contribution in [1.82, 2.24) is 15.1 Å². The van der Waals surface area contributed by atoms with Gasteiger partial charge in [0.15, 0.2) is 0 Å². The van der Waals surface area contributed by atoms with Crippen molar-refractivity contribution in [3.63, 3.8) is 0 Å². The van der Waals surface area contributed by atoms with E-state index in [1.807, 2.05) is 5.32 Å². The van der Waals surface area contributed by atoms with Crippen molar-refractivity contribution >= 4 is 16.8 Å². The smallest absolute Gasteiger partial charge is 0.250 e. The van der Waals surface area contributed by atoms with Crippen LogP contribution in [0.2, 0.25) is 0 Å². The van der Waals surface area contributed by atoms with Crippen molar-refractivity contribution in [2.45, 2.75) is 18.6 Å². The Kier molecular flexibility index (Phi) is 2.02. The summed E-state index contributed by atoms with van der Waals surface area (Å²) in [5.41, 5.74) is 6.27. The Labute approximate surface area is 153 Å². The number of carbonyl (C=O) groups excluding carboxylic acids is 1. The minimum Gasteiger partial charge on any atom is -0.366 e. The molecule has 122 valence electrons. The van der Waals surface area contributed by atoms with Crippen LogP contribution in [-0.4, -0.2) is 28.7 Å². The number of benzene rings is 2. The summed E-state index contributed by atoms with van der Waals surface area (Å²) in [7, 11) is 0. The number of primary amides is 1. The van der Waals surface area contributed by atoms with Crippen molar-refractivity contribution in [3.05, 3.63) is 59.8 Å². The molecule has 3 aromatic rings. The molecule has 4 rings (SSSR count). The van der Waals surface area contributed by atoms with Gasteiger partial charge in [0.05, 0.1) is 11.3 Å². The van der Waals surface area contributed by atoms with E-state index in [1.165, 1.54) is 28.9 Å². The molecule has 3 N–H and O–H groups in total. The monoisotopic (exact) mass is 329 g/mol. The minimum absolute atomic E-state index is 0.192. The maximum Gasteiger partial charge on any atom is 0.250 e. The topological polar surface area (TPSA) is 72.9 Å². The van der Waals surface area contributed by atoms with Crippen LogP contribution in [0.5, 0.6) is 0 Å². The van der Waals surface area contributed by atoms with Crippen molar-refractivity contribution in [2.75, 3.05) is 13.0 Å². The van der Waals surface area contributed by atoms with Gasteiger partial charge in [-0.2, -0.15) is 5.10 Å². The van der Waals surface area contributed by atoms with Crippen molar-refractivity contribution in [1.29, 1.82) is 0 Å². The lowest BCUT2D eigenvalue weighted by molar-refractivity contribution is 0.100. The van der Waals surface area contributed by atoms with E-state index in [0.717, 1.165) is 0 Å². The second kappa shape index (κ2) is 6.09. The molecule has 1 aromatic heterocycles. The Bertz CT molecular complexity index is 1260. The second-order valence-electron chi connectivity index (χ2n) is 5.23. The van der Waals surface area contributed by atoms with Gasteiger partial charge in [-0.1, -0.05) is 24.3 Å². The summed E-state index contributed by atoms with van der Waals surface area (Å²) >= 11 is 0. The highest BCUT2D eigenvalue weighted by molar-refractivity contribution is 6.04. The average molecular weight is 329 g/mol. The Balaban J connectivity index is 1.80. The van der Waals surface area contributed by atoms with Crippen LogP contribution in [-0.2, 0) is 0 Å². The molecule has 1 aliphatic rings. The Morgan fingerprint density at radius 3 is 2.96 bits per heavy atom. The standard InChI is InChI=1S/C19H20N4O/c20-19(24)17-5-1-3-15-12-23(22-18(15)17)16-8-6-13(7-9-16)14-4-2-10-21-11-14/h1,3,5-9,12,14,21H,2,4,10-11H2,(H2,20,24)/t14-/m0/s1/i2D2,4D2,10D2,11D2,14D. The first kappa shape index (κ1) is 7.94. The minimum atomic E-state index is -3.25. The maximum absolute atomic E-state index is 11.7. The molecule has 2 aromatic carbocycles. The van der Waals surface area contributed by atoms with E-state index < -0.39 is 37.5 Å². The summed E-state index contributed by atoms with van der Waals surface area (Å²) in [4.78, 5) is 11.7. The molecule has 5 heteroatoms. The average Bonchev–Trinajstić information content (AvgIpc) is 3.15. The van der Waals surface area contributed by atoms with Crippen LogP contribution in [0, 0.1) is 0 Å². The lowest BCUT2D eigenvalue weighted by Crippen LogP contribution is -2.28. The van der Waals surface area contributed by atoms with Gasteiger partial charge >= 0.3 is 0 Å². The third-order valence-corrected chi connectivity index (χ3v) is 3.72. The summed E-state index contributed by atoms with van der Waals surface area (Å²) in [5.74, 6) is -3.47. The van der Waals surface area contributed by atoms with E-state index in [0.29, 0.717) is 16.6 Å².